The van der Waals surface area contributed by atoms with Crippen molar-refractivity contribution in [3.05, 3.63) is 98.9 Å². The van der Waals surface area contributed by atoms with Gasteiger partial charge in [-0.15, -0.1) is 11.3 Å². The highest BCUT2D eigenvalue weighted by Gasteiger charge is 2.21. The molecule has 0 fully saturated rings. The van der Waals surface area contributed by atoms with Gasteiger partial charge in [-0.2, -0.15) is 0 Å². The molecule has 0 saturated heterocycles. The Labute approximate surface area is 201 Å². The van der Waals surface area contributed by atoms with Crippen molar-refractivity contribution in [1.82, 2.24) is 14.9 Å². The molecule has 4 rings (SSSR count). The van der Waals surface area contributed by atoms with Crippen LogP contribution in [0.5, 0.6) is 0 Å². The van der Waals surface area contributed by atoms with E-state index in [2.05, 4.69) is 10.3 Å². The van der Waals surface area contributed by atoms with Crippen LogP contribution in [0.1, 0.15) is 39.3 Å². The molecule has 2 aromatic carbocycles. The maximum absolute atomic E-state index is 13.1. The highest BCUT2D eigenvalue weighted by molar-refractivity contribution is 7.20. The predicted octanol–water partition coefficient (Wildman–Crippen LogP) is 4.04. The summed E-state index contributed by atoms with van der Waals surface area (Å²) in [4.78, 5) is 43.4. The Morgan fingerprint density at radius 1 is 1.09 bits per heavy atom. The number of esters is 1. The summed E-state index contributed by atoms with van der Waals surface area (Å²) in [5.74, 6) is -0.773. The monoisotopic (exact) mass is 475 g/mol. The number of hydrogen-bond acceptors (Lipinski definition) is 6. The van der Waals surface area contributed by atoms with E-state index in [1.54, 1.807) is 13.8 Å². The Bertz CT molecular complexity index is 1360. The van der Waals surface area contributed by atoms with E-state index in [0.717, 1.165) is 22.5 Å². The van der Waals surface area contributed by atoms with Crippen molar-refractivity contribution in [2.75, 3.05) is 6.61 Å². The van der Waals surface area contributed by atoms with Crippen LogP contribution in [0.4, 0.5) is 0 Å². The maximum atomic E-state index is 13.1. The summed E-state index contributed by atoms with van der Waals surface area (Å²) in [7, 11) is 0. The first kappa shape index (κ1) is 23.4. The smallest absolute Gasteiger partial charge is 0.348 e. The van der Waals surface area contributed by atoms with Crippen molar-refractivity contribution >= 4 is 33.4 Å². The van der Waals surface area contributed by atoms with Gasteiger partial charge in [0.15, 0.2) is 0 Å². The lowest BCUT2D eigenvalue weighted by molar-refractivity contribution is -0.122. The van der Waals surface area contributed by atoms with E-state index >= 15 is 0 Å². The lowest BCUT2D eigenvalue weighted by atomic mass is 9.99. The van der Waals surface area contributed by atoms with Crippen molar-refractivity contribution in [3.63, 3.8) is 0 Å². The molecule has 7 nitrogen and oxygen atoms in total. The molecule has 0 aliphatic rings. The fourth-order valence-electron chi connectivity index (χ4n) is 3.85. The highest BCUT2D eigenvalue weighted by Crippen LogP contribution is 2.27. The van der Waals surface area contributed by atoms with E-state index in [4.69, 9.17) is 4.74 Å². The van der Waals surface area contributed by atoms with Gasteiger partial charge in [-0.25, -0.2) is 9.78 Å². The molecule has 174 valence electrons. The number of hydrogen-bond donors (Lipinski definition) is 1. The van der Waals surface area contributed by atoms with Crippen LogP contribution in [0.25, 0.3) is 10.2 Å². The first-order valence-electron chi connectivity index (χ1n) is 11.0. The quantitative estimate of drug-likeness (QED) is 0.389. The van der Waals surface area contributed by atoms with Crippen LogP contribution in [0, 0.1) is 6.92 Å². The Balaban J connectivity index is 1.57. The number of amides is 1. The van der Waals surface area contributed by atoms with Crippen molar-refractivity contribution in [1.29, 1.82) is 0 Å². The number of carbonyl (C=O) groups excluding carboxylic acids is 2. The number of aromatic nitrogens is 2. The highest BCUT2D eigenvalue weighted by atomic mass is 32.1. The van der Waals surface area contributed by atoms with Gasteiger partial charge >= 0.3 is 5.97 Å². The number of carbonyl (C=O) groups is 2. The van der Waals surface area contributed by atoms with Gasteiger partial charge in [0.05, 0.1) is 24.4 Å². The van der Waals surface area contributed by atoms with E-state index in [0.29, 0.717) is 27.1 Å². The third-order valence-electron chi connectivity index (χ3n) is 5.51. The van der Waals surface area contributed by atoms with Gasteiger partial charge in [0.2, 0.25) is 5.91 Å². The van der Waals surface area contributed by atoms with Gasteiger partial charge in [-0.3, -0.25) is 14.2 Å². The van der Waals surface area contributed by atoms with Crippen LogP contribution in [0.3, 0.4) is 0 Å². The molecule has 0 aliphatic heterocycles. The molecule has 2 heterocycles. The first-order chi connectivity index (χ1) is 16.5. The second kappa shape index (κ2) is 10.4. The summed E-state index contributed by atoms with van der Waals surface area (Å²) in [5.41, 5.74) is 2.24. The molecule has 8 heteroatoms. The number of rotatable bonds is 8. The zero-order chi connectivity index (χ0) is 24.1. The normalized spacial score (nSPS) is 11.8. The number of ether oxygens (including phenoxy) is 1. The SMILES string of the molecule is CCOC(=O)c1sc2ncn(CC(=O)NC(Cc3ccccc3)c3ccccc3)c(=O)c2c1C. The molecule has 0 saturated carbocycles. The average molecular weight is 476 g/mol. The molecule has 1 amide bonds. The summed E-state index contributed by atoms with van der Waals surface area (Å²) < 4.78 is 6.35. The molecule has 0 aliphatic carbocycles. The van der Waals surface area contributed by atoms with E-state index < -0.39 is 5.97 Å². The zero-order valence-corrected chi connectivity index (χ0v) is 19.8. The van der Waals surface area contributed by atoms with E-state index in [-0.39, 0.29) is 30.7 Å². The van der Waals surface area contributed by atoms with Crippen LogP contribution in [0.2, 0.25) is 0 Å². The number of fused-ring (bicyclic) bond motifs is 1. The molecule has 1 N–H and O–H groups in total. The summed E-state index contributed by atoms with van der Waals surface area (Å²) >= 11 is 1.12. The zero-order valence-electron chi connectivity index (χ0n) is 19.0. The molecule has 0 radical (unpaired) electrons. The number of aryl methyl sites for hydroxylation is 1. The summed E-state index contributed by atoms with van der Waals surface area (Å²) in [6.45, 7) is 3.49. The third kappa shape index (κ3) is 5.07. The number of benzene rings is 2. The second-order valence-electron chi connectivity index (χ2n) is 7.85. The Morgan fingerprint density at radius 3 is 2.44 bits per heavy atom. The van der Waals surface area contributed by atoms with Crippen LogP contribution in [-0.2, 0) is 22.5 Å². The van der Waals surface area contributed by atoms with Gasteiger partial charge in [-0.05, 0) is 37.0 Å². The van der Waals surface area contributed by atoms with Crippen molar-refractivity contribution in [2.24, 2.45) is 0 Å². The number of nitrogens with one attached hydrogen (secondary N) is 1. The molecule has 1 atom stereocenters. The van der Waals surface area contributed by atoms with Crippen molar-refractivity contribution < 1.29 is 14.3 Å². The second-order valence-corrected chi connectivity index (χ2v) is 8.85. The lowest BCUT2D eigenvalue weighted by Gasteiger charge is -2.20. The molecule has 0 bridgehead atoms. The number of thiophene rings is 1. The maximum Gasteiger partial charge on any atom is 0.348 e. The summed E-state index contributed by atoms with van der Waals surface area (Å²) in [6, 6.07) is 19.4. The fourth-order valence-corrected chi connectivity index (χ4v) is 4.88. The van der Waals surface area contributed by atoms with Crippen LogP contribution < -0.4 is 10.9 Å². The molecule has 2 aromatic heterocycles. The van der Waals surface area contributed by atoms with Gasteiger partial charge in [0.1, 0.15) is 16.3 Å². The van der Waals surface area contributed by atoms with Crippen molar-refractivity contribution in [2.45, 2.75) is 32.9 Å². The minimum atomic E-state index is -0.474. The van der Waals surface area contributed by atoms with Crippen LogP contribution in [-0.4, -0.2) is 28.0 Å². The molecule has 1 unspecified atom stereocenters. The molecular weight excluding hydrogens is 450 g/mol. The third-order valence-corrected chi connectivity index (χ3v) is 6.69. The van der Waals surface area contributed by atoms with Gasteiger partial charge in [0.25, 0.3) is 5.56 Å². The number of nitrogens with zero attached hydrogens (tertiary/aromatic N) is 2. The average Bonchev–Trinajstić information content (AvgIpc) is 3.19. The topological polar surface area (TPSA) is 90.3 Å². The van der Waals surface area contributed by atoms with E-state index in [1.165, 1.54) is 10.9 Å². The summed E-state index contributed by atoms with van der Waals surface area (Å²) in [6.07, 6.45) is 1.97. The minimum Gasteiger partial charge on any atom is -0.462 e. The first-order valence-corrected chi connectivity index (χ1v) is 11.8. The molecule has 4 aromatic rings. The minimum absolute atomic E-state index is 0.177. The molecule has 34 heavy (non-hydrogen) atoms. The molecular formula is C26H25N3O4S. The predicted molar refractivity (Wildman–Crippen MR) is 132 cm³/mol. The van der Waals surface area contributed by atoms with Crippen molar-refractivity contribution in [3.8, 4) is 0 Å². The van der Waals surface area contributed by atoms with Gasteiger partial charge in [-0.1, -0.05) is 60.7 Å². The van der Waals surface area contributed by atoms with E-state index in [9.17, 15) is 14.4 Å². The standard InChI is InChI=1S/C26H25N3O4S/c1-3-33-26(32)23-17(2)22-24(34-23)27-16-29(25(22)31)15-21(30)28-20(19-12-8-5-9-13-19)14-18-10-6-4-7-11-18/h4-13,16,20H,3,14-15H2,1-2H3,(H,28,30). The Kier molecular flexibility index (Phi) is 7.18. The fraction of sp³-hybridized carbons (Fsp3) is 0.231. The van der Waals surface area contributed by atoms with Crippen LogP contribution in [0.15, 0.2) is 71.8 Å². The summed E-state index contributed by atoms with van der Waals surface area (Å²) in [5, 5.41) is 3.40. The molecule has 0 spiro atoms. The van der Waals surface area contributed by atoms with Gasteiger partial charge < -0.3 is 10.1 Å². The van der Waals surface area contributed by atoms with E-state index in [1.807, 2.05) is 60.7 Å². The van der Waals surface area contributed by atoms with Crippen LogP contribution >= 0.6 is 11.3 Å². The Hall–Kier alpha value is -3.78. The van der Waals surface area contributed by atoms with Gasteiger partial charge in [0, 0.05) is 0 Å². The largest absolute Gasteiger partial charge is 0.462 e. The lowest BCUT2D eigenvalue weighted by Crippen LogP contribution is -2.35. The Morgan fingerprint density at radius 2 is 1.76 bits per heavy atom.